The summed E-state index contributed by atoms with van der Waals surface area (Å²) in [6, 6.07) is 13.2. The summed E-state index contributed by atoms with van der Waals surface area (Å²) >= 11 is 0. The third kappa shape index (κ3) is 3.57. The van der Waals surface area contributed by atoms with Gasteiger partial charge in [-0.1, -0.05) is 17.7 Å². The summed E-state index contributed by atoms with van der Waals surface area (Å²) in [4.78, 5) is 26.6. The Balaban J connectivity index is 1.45. The summed E-state index contributed by atoms with van der Waals surface area (Å²) in [5.74, 6) is 0.475. The molecule has 4 rings (SSSR count). The minimum absolute atomic E-state index is 0.221. The standard InChI is InChI=1S/C21H23N3O2/c1-14-4-8-17(9-5-14)22-21(26)23-18-10-11-19-16(13-18)3-2-12-24(19)20(25)15-6-7-15/h4-5,8-11,13,15H,2-3,6-7,12H2,1H3,(H2,22,23,26). The first-order valence-corrected chi connectivity index (χ1v) is 9.19. The first kappa shape index (κ1) is 16.6. The van der Waals surface area contributed by atoms with Crippen molar-refractivity contribution in [3.63, 3.8) is 0 Å². The number of carbonyl (C=O) groups is 2. The van der Waals surface area contributed by atoms with Gasteiger partial charge >= 0.3 is 6.03 Å². The number of hydrogen-bond donors (Lipinski definition) is 2. The topological polar surface area (TPSA) is 61.4 Å². The van der Waals surface area contributed by atoms with E-state index in [1.165, 1.54) is 0 Å². The van der Waals surface area contributed by atoms with Crippen molar-refractivity contribution in [2.24, 2.45) is 5.92 Å². The Labute approximate surface area is 153 Å². The first-order chi connectivity index (χ1) is 12.6. The number of anilines is 3. The van der Waals surface area contributed by atoms with E-state index < -0.39 is 0 Å². The van der Waals surface area contributed by atoms with Crippen molar-refractivity contribution in [1.82, 2.24) is 0 Å². The Morgan fingerprint density at radius 2 is 1.69 bits per heavy atom. The molecular formula is C21H23N3O2. The van der Waals surface area contributed by atoms with E-state index in [0.29, 0.717) is 0 Å². The average Bonchev–Trinajstić information content (AvgIpc) is 3.47. The van der Waals surface area contributed by atoms with Crippen LogP contribution in [0.3, 0.4) is 0 Å². The van der Waals surface area contributed by atoms with Gasteiger partial charge in [-0.05, 0) is 68.5 Å². The minimum Gasteiger partial charge on any atom is -0.312 e. The fraction of sp³-hybridized carbons (Fsp3) is 0.333. The van der Waals surface area contributed by atoms with Crippen LogP contribution in [0.4, 0.5) is 21.9 Å². The van der Waals surface area contributed by atoms with Crippen LogP contribution in [0.1, 0.15) is 30.4 Å². The second kappa shape index (κ2) is 6.83. The molecule has 0 bridgehead atoms. The predicted molar refractivity (Wildman–Crippen MR) is 104 cm³/mol. The zero-order chi connectivity index (χ0) is 18.1. The molecular weight excluding hydrogens is 326 g/mol. The van der Waals surface area contributed by atoms with Gasteiger partial charge in [0.15, 0.2) is 0 Å². The molecule has 1 fully saturated rings. The van der Waals surface area contributed by atoms with Crippen molar-refractivity contribution in [1.29, 1.82) is 0 Å². The van der Waals surface area contributed by atoms with Crippen molar-refractivity contribution in [3.8, 4) is 0 Å². The van der Waals surface area contributed by atoms with E-state index >= 15 is 0 Å². The van der Waals surface area contributed by atoms with E-state index in [4.69, 9.17) is 0 Å². The number of urea groups is 1. The summed E-state index contributed by atoms with van der Waals surface area (Å²) < 4.78 is 0. The molecule has 2 aliphatic rings. The van der Waals surface area contributed by atoms with Crippen LogP contribution in [0.15, 0.2) is 42.5 Å². The number of benzene rings is 2. The molecule has 0 spiro atoms. The summed E-state index contributed by atoms with van der Waals surface area (Å²) in [5, 5.41) is 5.71. The van der Waals surface area contributed by atoms with Crippen LogP contribution in [0, 0.1) is 12.8 Å². The van der Waals surface area contributed by atoms with Crippen LogP contribution in [-0.2, 0) is 11.2 Å². The van der Waals surface area contributed by atoms with Gasteiger partial charge in [0.05, 0.1) is 0 Å². The normalized spacial score (nSPS) is 16.0. The van der Waals surface area contributed by atoms with Gasteiger partial charge in [-0.3, -0.25) is 4.79 Å². The molecule has 1 heterocycles. The lowest BCUT2D eigenvalue weighted by Gasteiger charge is -2.30. The van der Waals surface area contributed by atoms with Crippen LogP contribution in [0.5, 0.6) is 0 Å². The highest BCUT2D eigenvalue weighted by Gasteiger charge is 2.35. The smallest absolute Gasteiger partial charge is 0.312 e. The number of amides is 3. The lowest BCUT2D eigenvalue weighted by molar-refractivity contribution is -0.119. The molecule has 0 aromatic heterocycles. The van der Waals surface area contributed by atoms with Gasteiger partial charge in [-0.25, -0.2) is 4.79 Å². The number of aryl methyl sites for hydroxylation is 2. The predicted octanol–water partition coefficient (Wildman–Crippen LogP) is 4.33. The van der Waals surface area contributed by atoms with Crippen molar-refractivity contribution >= 4 is 29.0 Å². The molecule has 0 radical (unpaired) electrons. The third-order valence-electron chi connectivity index (χ3n) is 4.96. The molecule has 0 saturated heterocycles. The number of hydrogen-bond acceptors (Lipinski definition) is 2. The molecule has 5 nitrogen and oxygen atoms in total. The fourth-order valence-corrected chi connectivity index (χ4v) is 3.38. The van der Waals surface area contributed by atoms with Crippen LogP contribution < -0.4 is 15.5 Å². The van der Waals surface area contributed by atoms with E-state index in [1.807, 2.05) is 54.3 Å². The molecule has 1 saturated carbocycles. The molecule has 1 aliphatic heterocycles. The molecule has 3 amide bonds. The minimum atomic E-state index is -0.268. The number of fused-ring (bicyclic) bond motifs is 1. The third-order valence-corrected chi connectivity index (χ3v) is 4.96. The summed E-state index contributed by atoms with van der Waals surface area (Å²) in [5.41, 5.74) is 4.77. The SMILES string of the molecule is Cc1ccc(NC(=O)Nc2ccc3c(c2)CCCN3C(=O)C2CC2)cc1. The van der Waals surface area contributed by atoms with Gasteiger partial charge < -0.3 is 15.5 Å². The molecule has 2 aromatic carbocycles. The highest BCUT2D eigenvalue weighted by Crippen LogP contribution is 2.36. The van der Waals surface area contributed by atoms with Crippen LogP contribution in [-0.4, -0.2) is 18.5 Å². The van der Waals surface area contributed by atoms with Gasteiger partial charge in [0.1, 0.15) is 0 Å². The van der Waals surface area contributed by atoms with Crippen molar-refractivity contribution in [2.75, 3.05) is 22.1 Å². The van der Waals surface area contributed by atoms with E-state index in [9.17, 15) is 9.59 Å². The highest BCUT2D eigenvalue weighted by molar-refractivity contribution is 6.01. The Hall–Kier alpha value is -2.82. The van der Waals surface area contributed by atoms with Gasteiger partial charge in [-0.2, -0.15) is 0 Å². The lowest BCUT2D eigenvalue weighted by Crippen LogP contribution is -2.36. The quantitative estimate of drug-likeness (QED) is 0.866. The molecule has 134 valence electrons. The molecule has 26 heavy (non-hydrogen) atoms. The summed E-state index contributed by atoms with van der Waals surface area (Å²) in [7, 11) is 0. The van der Waals surface area contributed by atoms with Crippen molar-refractivity contribution < 1.29 is 9.59 Å². The highest BCUT2D eigenvalue weighted by atomic mass is 16.2. The van der Waals surface area contributed by atoms with Gasteiger partial charge in [0, 0.05) is 29.5 Å². The Morgan fingerprint density at radius 3 is 2.42 bits per heavy atom. The maximum atomic E-state index is 12.5. The van der Waals surface area contributed by atoms with Gasteiger partial charge in [-0.15, -0.1) is 0 Å². The zero-order valence-corrected chi connectivity index (χ0v) is 14.9. The summed E-state index contributed by atoms with van der Waals surface area (Å²) in [6.45, 7) is 2.80. The Kier molecular flexibility index (Phi) is 4.37. The summed E-state index contributed by atoms with van der Waals surface area (Å²) in [6.07, 6.45) is 3.93. The Bertz CT molecular complexity index is 841. The molecule has 2 N–H and O–H groups in total. The average molecular weight is 349 g/mol. The maximum Gasteiger partial charge on any atom is 0.323 e. The van der Waals surface area contributed by atoms with Gasteiger partial charge in [0.2, 0.25) is 5.91 Å². The first-order valence-electron chi connectivity index (χ1n) is 9.19. The van der Waals surface area contributed by atoms with E-state index in [2.05, 4.69) is 10.6 Å². The molecule has 0 atom stereocenters. The molecule has 0 unspecified atom stereocenters. The van der Waals surface area contributed by atoms with Gasteiger partial charge in [0.25, 0.3) is 0 Å². The van der Waals surface area contributed by atoms with E-state index in [-0.39, 0.29) is 17.9 Å². The maximum absolute atomic E-state index is 12.5. The Morgan fingerprint density at radius 1 is 1.00 bits per heavy atom. The van der Waals surface area contributed by atoms with Crippen molar-refractivity contribution in [2.45, 2.75) is 32.6 Å². The monoisotopic (exact) mass is 349 g/mol. The zero-order valence-electron chi connectivity index (χ0n) is 14.9. The largest absolute Gasteiger partial charge is 0.323 e. The molecule has 2 aromatic rings. The molecule has 1 aliphatic carbocycles. The van der Waals surface area contributed by atoms with Crippen LogP contribution in [0.2, 0.25) is 0 Å². The fourth-order valence-electron chi connectivity index (χ4n) is 3.38. The van der Waals surface area contributed by atoms with E-state index in [0.717, 1.165) is 60.4 Å². The van der Waals surface area contributed by atoms with Crippen LogP contribution >= 0.6 is 0 Å². The second-order valence-corrected chi connectivity index (χ2v) is 7.16. The lowest BCUT2D eigenvalue weighted by atomic mass is 10.0. The van der Waals surface area contributed by atoms with E-state index in [1.54, 1.807) is 0 Å². The number of carbonyl (C=O) groups excluding carboxylic acids is 2. The number of nitrogens with zero attached hydrogens (tertiary/aromatic N) is 1. The molecule has 5 heteroatoms. The number of nitrogens with one attached hydrogen (secondary N) is 2. The van der Waals surface area contributed by atoms with Crippen molar-refractivity contribution in [3.05, 3.63) is 53.6 Å². The van der Waals surface area contributed by atoms with Crippen LogP contribution in [0.25, 0.3) is 0 Å². The number of rotatable bonds is 3. The second-order valence-electron chi connectivity index (χ2n) is 7.16.